The van der Waals surface area contributed by atoms with E-state index in [4.69, 9.17) is 0 Å². The van der Waals surface area contributed by atoms with E-state index in [1.54, 1.807) is 0 Å². The second-order valence-electron chi connectivity index (χ2n) is 6.24. The molecule has 0 saturated heterocycles. The van der Waals surface area contributed by atoms with Crippen molar-refractivity contribution in [3.05, 3.63) is 0 Å². The highest BCUT2D eigenvalue weighted by Gasteiger charge is 2.28. The lowest BCUT2D eigenvalue weighted by Gasteiger charge is -2.23. The molecule has 0 radical (unpaired) electrons. The van der Waals surface area contributed by atoms with E-state index >= 15 is 0 Å². The van der Waals surface area contributed by atoms with Crippen LogP contribution in [0.1, 0.15) is 51.4 Å². The molecule has 2 saturated carbocycles. The van der Waals surface area contributed by atoms with Gasteiger partial charge in [-0.25, -0.2) is 13.1 Å². The van der Waals surface area contributed by atoms with Crippen LogP contribution in [0.3, 0.4) is 0 Å². The third-order valence-electron chi connectivity index (χ3n) is 4.76. The fourth-order valence-electron chi connectivity index (χ4n) is 3.54. The summed E-state index contributed by atoms with van der Waals surface area (Å²) < 4.78 is 27.1. The first-order valence-corrected chi connectivity index (χ1v) is 10.4. The van der Waals surface area contributed by atoms with Crippen molar-refractivity contribution >= 4 is 26.0 Å². The van der Waals surface area contributed by atoms with Gasteiger partial charge in [-0.1, -0.05) is 41.6 Å². The Labute approximate surface area is 126 Å². The Balaban J connectivity index is 1.77. The van der Waals surface area contributed by atoms with E-state index in [2.05, 4.69) is 20.7 Å². The van der Waals surface area contributed by atoms with Crippen molar-refractivity contribution in [2.75, 3.05) is 17.6 Å². The third-order valence-corrected chi connectivity index (χ3v) is 7.11. The van der Waals surface area contributed by atoms with E-state index in [9.17, 15) is 8.42 Å². The van der Waals surface area contributed by atoms with Gasteiger partial charge in [-0.15, -0.1) is 0 Å². The second kappa shape index (κ2) is 7.41. The number of halogens is 1. The maximum absolute atomic E-state index is 12.1. The van der Waals surface area contributed by atoms with Crippen LogP contribution in [-0.2, 0) is 10.0 Å². The number of hydrogen-bond donors (Lipinski definition) is 1. The standard InChI is InChI=1S/C14H26BrNO2S/c15-9-13-7-4-8-14(13)10-16-19(17,18)11-12-5-2-1-3-6-12/h12-14,16H,1-11H2. The number of nitrogens with one attached hydrogen (secondary N) is 1. The van der Waals surface area contributed by atoms with Crippen LogP contribution in [0.25, 0.3) is 0 Å². The molecular weight excluding hydrogens is 326 g/mol. The van der Waals surface area contributed by atoms with Gasteiger partial charge in [0.1, 0.15) is 0 Å². The lowest BCUT2D eigenvalue weighted by Crippen LogP contribution is -2.35. The molecule has 2 unspecified atom stereocenters. The van der Waals surface area contributed by atoms with Crippen molar-refractivity contribution in [2.24, 2.45) is 17.8 Å². The highest BCUT2D eigenvalue weighted by atomic mass is 79.9. The van der Waals surface area contributed by atoms with Crippen molar-refractivity contribution in [3.8, 4) is 0 Å². The minimum absolute atomic E-state index is 0.346. The Morgan fingerprint density at radius 2 is 1.63 bits per heavy atom. The molecule has 112 valence electrons. The highest BCUT2D eigenvalue weighted by Crippen LogP contribution is 2.32. The molecule has 0 aromatic heterocycles. The lowest BCUT2D eigenvalue weighted by atomic mass is 9.91. The van der Waals surface area contributed by atoms with Crippen LogP contribution in [0, 0.1) is 17.8 Å². The van der Waals surface area contributed by atoms with Crippen molar-refractivity contribution in [2.45, 2.75) is 51.4 Å². The molecule has 0 amide bonds. The highest BCUT2D eigenvalue weighted by molar-refractivity contribution is 9.09. The summed E-state index contributed by atoms with van der Waals surface area (Å²) in [6.45, 7) is 0.644. The lowest BCUT2D eigenvalue weighted by molar-refractivity contribution is 0.381. The molecular formula is C14H26BrNO2S. The zero-order chi connectivity index (χ0) is 13.7. The maximum Gasteiger partial charge on any atom is 0.211 e. The molecule has 2 fully saturated rings. The molecule has 2 atom stereocenters. The quantitative estimate of drug-likeness (QED) is 0.746. The predicted octanol–water partition coefficient (Wildman–Crippen LogP) is 3.30. The first-order valence-electron chi connectivity index (χ1n) is 7.64. The molecule has 2 aliphatic rings. The zero-order valence-electron chi connectivity index (χ0n) is 11.6. The van der Waals surface area contributed by atoms with Gasteiger partial charge in [0, 0.05) is 11.9 Å². The fraction of sp³-hybridized carbons (Fsp3) is 1.00. The van der Waals surface area contributed by atoms with Crippen LogP contribution in [0.4, 0.5) is 0 Å². The number of rotatable bonds is 6. The van der Waals surface area contributed by atoms with E-state index < -0.39 is 10.0 Å². The van der Waals surface area contributed by atoms with Crippen molar-refractivity contribution < 1.29 is 8.42 Å². The number of hydrogen-bond acceptors (Lipinski definition) is 2. The van der Waals surface area contributed by atoms with E-state index in [-0.39, 0.29) is 0 Å². The number of alkyl halides is 1. The molecule has 0 aliphatic heterocycles. The van der Waals surface area contributed by atoms with Gasteiger partial charge in [-0.2, -0.15) is 0 Å². The predicted molar refractivity (Wildman–Crippen MR) is 83.0 cm³/mol. The van der Waals surface area contributed by atoms with E-state index in [0.29, 0.717) is 30.1 Å². The summed E-state index contributed by atoms with van der Waals surface area (Å²) in [5.41, 5.74) is 0. The van der Waals surface area contributed by atoms with Gasteiger partial charge in [0.15, 0.2) is 0 Å². The Kier molecular flexibility index (Phi) is 6.15. The first-order chi connectivity index (χ1) is 9.11. The third kappa shape index (κ3) is 5.01. The average Bonchev–Trinajstić information content (AvgIpc) is 2.84. The van der Waals surface area contributed by atoms with Crippen LogP contribution in [0.5, 0.6) is 0 Å². The minimum atomic E-state index is -3.07. The molecule has 3 nitrogen and oxygen atoms in total. The summed E-state index contributed by atoms with van der Waals surface area (Å²) >= 11 is 3.54. The molecule has 0 aromatic rings. The van der Waals surface area contributed by atoms with Crippen LogP contribution < -0.4 is 4.72 Å². The van der Waals surface area contributed by atoms with Crippen LogP contribution in [0.2, 0.25) is 0 Å². The van der Waals surface area contributed by atoms with Crippen molar-refractivity contribution in [3.63, 3.8) is 0 Å². The molecule has 2 rings (SSSR count). The van der Waals surface area contributed by atoms with Crippen molar-refractivity contribution in [1.82, 2.24) is 4.72 Å². The summed E-state index contributed by atoms with van der Waals surface area (Å²) in [5.74, 6) is 1.92. The summed E-state index contributed by atoms with van der Waals surface area (Å²) in [4.78, 5) is 0. The van der Waals surface area contributed by atoms with E-state index in [1.807, 2.05) is 0 Å². The van der Waals surface area contributed by atoms with E-state index in [0.717, 1.165) is 18.2 Å². The van der Waals surface area contributed by atoms with E-state index in [1.165, 1.54) is 38.5 Å². The maximum atomic E-state index is 12.1. The molecule has 0 bridgehead atoms. The molecule has 0 aromatic carbocycles. The molecule has 2 aliphatic carbocycles. The normalized spacial score (nSPS) is 29.7. The summed E-state index contributed by atoms with van der Waals surface area (Å²) in [6.07, 6.45) is 9.51. The topological polar surface area (TPSA) is 46.2 Å². The van der Waals surface area contributed by atoms with Gasteiger partial charge >= 0.3 is 0 Å². The summed E-state index contributed by atoms with van der Waals surface area (Å²) in [5, 5.41) is 1.00. The Hall–Kier alpha value is 0.390. The van der Waals surface area contributed by atoms with Crippen molar-refractivity contribution in [1.29, 1.82) is 0 Å². The van der Waals surface area contributed by atoms with Crippen LogP contribution in [-0.4, -0.2) is 26.0 Å². The van der Waals surface area contributed by atoms with Gasteiger partial charge in [0.05, 0.1) is 5.75 Å². The van der Waals surface area contributed by atoms with Gasteiger partial charge in [0.2, 0.25) is 10.0 Å². The molecule has 0 spiro atoms. The van der Waals surface area contributed by atoms with Gasteiger partial charge in [0.25, 0.3) is 0 Å². The van der Waals surface area contributed by atoms with Crippen LogP contribution in [0.15, 0.2) is 0 Å². The second-order valence-corrected chi connectivity index (χ2v) is 8.74. The monoisotopic (exact) mass is 351 g/mol. The summed E-state index contributed by atoms with van der Waals surface area (Å²) in [6, 6.07) is 0. The Morgan fingerprint density at radius 3 is 2.32 bits per heavy atom. The molecule has 0 heterocycles. The molecule has 1 N–H and O–H groups in total. The number of sulfonamides is 1. The zero-order valence-corrected chi connectivity index (χ0v) is 14.0. The average molecular weight is 352 g/mol. The van der Waals surface area contributed by atoms with Gasteiger partial charge < -0.3 is 0 Å². The minimum Gasteiger partial charge on any atom is -0.215 e. The smallest absolute Gasteiger partial charge is 0.211 e. The van der Waals surface area contributed by atoms with Crippen LogP contribution >= 0.6 is 15.9 Å². The summed E-state index contributed by atoms with van der Waals surface area (Å²) in [7, 11) is -3.07. The molecule has 19 heavy (non-hydrogen) atoms. The largest absolute Gasteiger partial charge is 0.215 e. The fourth-order valence-corrected chi connectivity index (χ4v) is 5.93. The molecule has 5 heteroatoms. The SMILES string of the molecule is O=S(=O)(CC1CCCCC1)NCC1CCCC1CBr. The Bertz CT molecular complexity index is 366. The van der Waals surface area contributed by atoms with Gasteiger partial charge in [-0.3, -0.25) is 0 Å². The first kappa shape index (κ1) is 15.8. The Morgan fingerprint density at radius 1 is 0.947 bits per heavy atom. The van der Waals surface area contributed by atoms with Gasteiger partial charge in [-0.05, 0) is 43.4 Å².